The number of amides is 1. The number of carbonyl (C=O) groups is 2. The van der Waals surface area contributed by atoms with Gasteiger partial charge in [0.25, 0.3) is 0 Å². The van der Waals surface area contributed by atoms with Gasteiger partial charge in [0.1, 0.15) is 0 Å². The number of likely N-dealkylation sites (N-methyl/N-ethyl adjacent to an activating group) is 1. The van der Waals surface area contributed by atoms with E-state index in [2.05, 4.69) is 17.4 Å². The smallest absolute Gasteiger partial charge is 0.317 e. The maximum Gasteiger partial charge on any atom is 0.317 e. The van der Waals surface area contributed by atoms with Gasteiger partial charge >= 0.3 is 5.97 Å². The molecule has 0 aromatic heterocycles. The number of rotatable bonds is 10. The fraction of sp³-hybridized carbons (Fsp3) is 0.600. The van der Waals surface area contributed by atoms with Gasteiger partial charge in [-0.25, -0.2) is 0 Å². The van der Waals surface area contributed by atoms with Crippen molar-refractivity contribution in [1.29, 1.82) is 0 Å². The van der Waals surface area contributed by atoms with E-state index in [-0.39, 0.29) is 30.5 Å². The van der Waals surface area contributed by atoms with Crippen molar-refractivity contribution in [3.8, 4) is 0 Å². The highest BCUT2D eigenvalue weighted by Gasteiger charge is 2.35. The van der Waals surface area contributed by atoms with Crippen LogP contribution in [0.4, 0.5) is 0 Å². The zero-order valence-corrected chi connectivity index (χ0v) is 15.3. The van der Waals surface area contributed by atoms with E-state index in [4.69, 9.17) is 5.11 Å². The minimum atomic E-state index is -0.790. The third kappa shape index (κ3) is 6.16. The van der Waals surface area contributed by atoms with Crippen LogP contribution < -0.4 is 5.32 Å². The summed E-state index contributed by atoms with van der Waals surface area (Å²) >= 11 is 0. The zero-order chi connectivity index (χ0) is 18.2. The molecule has 5 nitrogen and oxygen atoms in total. The lowest BCUT2D eigenvalue weighted by molar-refractivity contribution is -0.140. The fourth-order valence-electron chi connectivity index (χ4n) is 3.41. The van der Waals surface area contributed by atoms with Crippen molar-refractivity contribution >= 4 is 11.9 Å². The van der Waals surface area contributed by atoms with Crippen LogP contribution in [0.25, 0.3) is 0 Å². The van der Waals surface area contributed by atoms with Crippen molar-refractivity contribution < 1.29 is 14.7 Å². The number of hydrogen-bond acceptors (Lipinski definition) is 3. The molecule has 0 saturated heterocycles. The Morgan fingerprint density at radius 1 is 1.28 bits per heavy atom. The lowest BCUT2D eigenvalue weighted by Crippen LogP contribution is -2.55. The topological polar surface area (TPSA) is 69.6 Å². The average Bonchev–Trinajstić information content (AvgIpc) is 2.56. The van der Waals surface area contributed by atoms with Crippen molar-refractivity contribution in [2.24, 2.45) is 5.92 Å². The molecule has 0 aliphatic heterocycles. The minimum Gasteiger partial charge on any atom is -0.480 e. The Morgan fingerprint density at radius 2 is 1.96 bits per heavy atom. The Bertz CT molecular complexity index is 555. The summed E-state index contributed by atoms with van der Waals surface area (Å²) in [5, 5.41) is 12.0. The average molecular weight is 346 g/mol. The molecular formula is C20H30N2O3. The van der Waals surface area contributed by atoms with Crippen LogP contribution in [0, 0.1) is 5.92 Å². The first-order valence-electron chi connectivity index (χ1n) is 9.29. The summed E-state index contributed by atoms with van der Waals surface area (Å²) in [6, 6.07) is 10.8. The summed E-state index contributed by atoms with van der Waals surface area (Å²) in [5.74, 6) is -0.650. The quantitative estimate of drug-likeness (QED) is 0.683. The van der Waals surface area contributed by atoms with Gasteiger partial charge in [-0.05, 0) is 44.2 Å². The van der Waals surface area contributed by atoms with Crippen molar-refractivity contribution in [3.63, 3.8) is 0 Å². The standard InChI is InChI=1S/C20H30N2O3/c1-3-22(14-19(23)24)18-12-17(13-18)21-20(25)15(2)8-7-11-16-9-5-4-6-10-16/h4-6,9-10,15,17-18H,3,7-8,11-14H2,1-2H3,(H,21,25)(H,23,24). The number of nitrogens with zero attached hydrogens (tertiary/aromatic N) is 1. The lowest BCUT2D eigenvalue weighted by atomic mass is 9.85. The van der Waals surface area contributed by atoms with E-state index in [9.17, 15) is 9.59 Å². The maximum absolute atomic E-state index is 12.3. The highest BCUT2D eigenvalue weighted by molar-refractivity contribution is 5.78. The number of aryl methyl sites for hydroxylation is 1. The van der Waals surface area contributed by atoms with Crippen molar-refractivity contribution in [2.75, 3.05) is 13.1 Å². The van der Waals surface area contributed by atoms with Gasteiger partial charge in [0, 0.05) is 18.0 Å². The molecule has 1 aliphatic rings. The molecule has 5 heteroatoms. The van der Waals surface area contributed by atoms with Crippen LogP contribution in [-0.2, 0) is 16.0 Å². The molecule has 2 N–H and O–H groups in total. The second kappa shape index (κ2) is 9.56. The number of benzene rings is 1. The van der Waals surface area contributed by atoms with Gasteiger partial charge in [0.05, 0.1) is 6.54 Å². The van der Waals surface area contributed by atoms with Gasteiger partial charge < -0.3 is 10.4 Å². The predicted molar refractivity (Wildman–Crippen MR) is 98.4 cm³/mol. The first-order valence-corrected chi connectivity index (χ1v) is 9.29. The monoisotopic (exact) mass is 346 g/mol. The highest BCUT2D eigenvalue weighted by Crippen LogP contribution is 2.26. The molecule has 1 aromatic rings. The third-order valence-electron chi connectivity index (χ3n) is 5.11. The summed E-state index contributed by atoms with van der Waals surface area (Å²) in [5.41, 5.74) is 1.31. The molecule has 1 aliphatic carbocycles. The minimum absolute atomic E-state index is 0.0176. The molecule has 0 spiro atoms. The van der Waals surface area contributed by atoms with Crippen LogP contribution in [0.3, 0.4) is 0 Å². The van der Waals surface area contributed by atoms with Crippen LogP contribution in [0.5, 0.6) is 0 Å². The van der Waals surface area contributed by atoms with Crippen LogP contribution >= 0.6 is 0 Å². The van der Waals surface area contributed by atoms with Gasteiger partial charge in [0.2, 0.25) is 5.91 Å². The normalized spacial score (nSPS) is 20.8. The number of hydrogen-bond donors (Lipinski definition) is 2. The van der Waals surface area contributed by atoms with Gasteiger partial charge in [-0.3, -0.25) is 14.5 Å². The first kappa shape index (κ1) is 19.4. The van der Waals surface area contributed by atoms with Gasteiger partial charge in [-0.15, -0.1) is 0 Å². The summed E-state index contributed by atoms with van der Waals surface area (Å²) in [6.45, 7) is 4.77. The SMILES string of the molecule is CCN(CC(=O)O)C1CC(NC(=O)C(C)CCCc2ccccc2)C1. The molecule has 2 rings (SSSR count). The molecule has 1 saturated carbocycles. The van der Waals surface area contributed by atoms with Crippen molar-refractivity contribution in [2.45, 2.75) is 58.0 Å². The van der Waals surface area contributed by atoms with E-state index in [1.807, 2.05) is 36.9 Å². The Labute approximate surface area is 150 Å². The molecular weight excluding hydrogens is 316 g/mol. The van der Waals surface area contributed by atoms with E-state index in [0.29, 0.717) is 0 Å². The van der Waals surface area contributed by atoms with E-state index in [1.165, 1.54) is 5.56 Å². The van der Waals surface area contributed by atoms with E-state index >= 15 is 0 Å². The molecule has 1 amide bonds. The molecule has 1 atom stereocenters. The molecule has 138 valence electrons. The second-order valence-electron chi connectivity index (χ2n) is 7.07. The van der Waals surface area contributed by atoms with Crippen LogP contribution in [0.1, 0.15) is 45.1 Å². The van der Waals surface area contributed by atoms with Gasteiger partial charge in [0.15, 0.2) is 0 Å². The molecule has 1 aromatic carbocycles. The molecule has 1 unspecified atom stereocenters. The van der Waals surface area contributed by atoms with Crippen LogP contribution in [-0.4, -0.2) is 47.1 Å². The summed E-state index contributed by atoms with van der Waals surface area (Å²) in [6.07, 6.45) is 4.60. The first-order chi connectivity index (χ1) is 12.0. The maximum atomic E-state index is 12.3. The molecule has 0 bridgehead atoms. The molecule has 1 fully saturated rings. The fourth-order valence-corrected chi connectivity index (χ4v) is 3.41. The van der Waals surface area contributed by atoms with E-state index < -0.39 is 5.97 Å². The summed E-state index contributed by atoms with van der Waals surface area (Å²) in [4.78, 5) is 25.1. The number of carboxylic acids is 1. The third-order valence-corrected chi connectivity index (χ3v) is 5.11. The summed E-state index contributed by atoms with van der Waals surface area (Å²) < 4.78 is 0. The summed E-state index contributed by atoms with van der Waals surface area (Å²) in [7, 11) is 0. The second-order valence-corrected chi connectivity index (χ2v) is 7.07. The zero-order valence-electron chi connectivity index (χ0n) is 15.3. The van der Waals surface area contributed by atoms with Crippen LogP contribution in [0.2, 0.25) is 0 Å². The van der Waals surface area contributed by atoms with Crippen LogP contribution in [0.15, 0.2) is 30.3 Å². The predicted octanol–water partition coefficient (Wildman–Crippen LogP) is 2.70. The highest BCUT2D eigenvalue weighted by atomic mass is 16.4. The number of aliphatic carboxylic acids is 1. The van der Waals surface area contributed by atoms with Gasteiger partial charge in [-0.2, -0.15) is 0 Å². The Hall–Kier alpha value is -1.88. The largest absolute Gasteiger partial charge is 0.480 e. The van der Waals surface area contributed by atoms with Crippen molar-refractivity contribution in [1.82, 2.24) is 10.2 Å². The molecule has 0 radical (unpaired) electrons. The Kier molecular flexibility index (Phi) is 7.44. The van der Waals surface area contributed by atoms with Crippen molar-refractivity contribution in [3.05, 3.63) is 35.9 Å². The molecule has 25 heavy (non-hydrogen) atoms. The van der Waals surface area contributed by atoms with Gasteiger partial charge in [-0.1, -0.05) is 44.2 Å². The Balaban J connectivity index is 1.64. The Morgan fingerprint density at radius 3 is 2.56 bits per heavy atom. The lowest BCUT2D eigenvalue weighted by Gasteiger charge is -2.42. The number of carbonyl (C=O) groups excluding carboxylic acids is 1. The number of nitrogens with one attached hydrogen (secondary N) is 1. The van der Waals surface area contributed by atoms with E-state index in [1.54, 1.807) is 0 Å². The van der Waals surface area contributed by atoms with E-state index in [0.717, 1.165) is 38.6 Å². The number of carboxylic acid groups (broad SMARTS) is 1. The molecule has 0 heterocycles.